The molecule has 122 valence electrons. The van der Waals surface area contributed by atoms with Crippen molar-refractivity contribution in [1.82, 2.24) is 4.98 Å². The fourth-order valence-electron chi connectivity index (χ4n) is 2.73. The van der Waals surface area contributed by atoms with Crippen LogP contribution >= 0.6 is 23.2 Å². The van der Waals surface area contributed by atoms with Gasteiger partial charge < -0.3 is 0 Å². The summed E-state index contributed by atoms with van der Waals surface area (Å²) < 4.78 is 0. The van der Waals surface area contributed by atoms with Crippen LogP contribution < -0.4 is 0 Å². The molecule has 0 saturated heterocycles. The number of fused-ring (bicyclic) bond motifs is 1. The van der Waals surface area contributed by atoms with Gasteiger partial charge in [0.25, 0.3) is 5.24 Å². The number of hydrogen-bond acceptors (Lipinski definition) is 2. The first-order valence-electron chi connectivity index (χ1n) is 7.90. The molecule has 0 aliphatic rings. The Hall–Kier alpha value is -1.90. The predicted molar refractivity (Wildman–Crippen MR) is 101 cm³/mol. The Morgan fingerprint density at radius 1 is 1.12 bits per heavy atom. The van der Waals surface area contributed by atoms with Gasteiger partial charge in [-0.2, -0.15) is 0 Å². The van der Waals surface area contributed by atoms with Crippen LogP contribution in [0.25, 0.3) is 22.2 Å². The van der Waals surface area contributed by atoms with Crippen molar-refractivity contribution in [2.75, 3.05) is 0 Å². The van der Waals surface area contributed by atoms with E-state index in [1.807, 2.05) is 12.1 Å². The number of halogens is 2. The van der Waals surface area contributed by atoms with E-state index < -0.39 is 5.24 Å². The van der Waals surface area contributed by atoms with Crippen LogP contribution in [0.4, 0.5) is 0 Å². The van der Waals surface area contributed by atoms with Gasteiger partial charge in [-0.25, -0.2) is 4.98 Å². The maximum Gasteiger partial charge on any atom is 0.253 e. The molecule has 1 heterocycles. The Morgan fingerprint density at radius 3 is 2.46 bits per heavy atom. The van der Waals surface area contributed by atoms with E-state index in [0.717, 1.165) is 17.7 Å². The minimum Gasteiger partial charge on any atom is -0.276 e. The van der Waals surface area contributed by atoms with Gasteiger partial charge in [0, 0.05) is 21.5 Å². The molecule has 0 unspecified atom stereocenters. The second-order valence-corrected chi connectivity index (χ2v) is 6.70. The van der Waals surface area contributed by atoms with E-state index in [0.29, 0.717) is 27.4 Å². The zero-order valence-corrected chi connectivity index (χ0v) is 15.0. The summed E-state index contributed by atoms with van der Waals surface area (Å²) in [5.74, 6) is 0.519. The van der Waals surface area contributed by atoms with Gasteiger partial charge in [0.1, 0.15) is 0 Å². The number of benzene rings is 2. The monoisotopic (exact) mass is 357 g/mol. The van der Waals surface area contributed by atoms with Crippen molar-refractivity contribution in [1.29, 1.82) is 0 Å². The molecule has 4 heteroatoms. The third-order valence-electron chi connectivity index (χ3n) is 4.37. The summed E-state index contributed by atoms with van der Waals surface area (Å²) in [4.78, 5) is 16.5. The van der Waals surface area contributed by atoms with Crippen molar-refractivity contribution >= 4 is 39.3 Å². The number of hydrogen-bond donors (Lipinski definition) is 0. The lowest BCUT2D eigenvalue weighted by Crippen LogP contribution is -1.96. The van der Waals surface area contributed by atoms with E-state index >= 15 is 0 Å². The van der Waals surface area contributed by atoms with Crippen LogP contribution in [0, 0.1) is 0 Å². The van der Waals surface area contributed by atoms with E-state index in [2.05, 4.69) is 31.0 Å². The third kappa shape index (κ3) is 3.31. The Kier molecular flexibility index (Phi) is 4.88. The van der Waals surface area contributed by atoms with Crippen LogP contribution in [0.5, 0.6) is 0 Å². The smallest absolute Gasteiger partial charge is 0.253 e. The standard InChI is InChI=1S/C20H17Cl2NO/c1-3-12(2)13-4-6-14(7-5-13)19-11-17(20(22)24)16-10-15(21)8-9-18(16)23-19/h4-12H,3H2,1-2H3/t12-/m0/s1. The average molecular weight is 358 g/mol. The summed E-state index contributed by atoms with van der Waals surface area (Å²) in [5.41, 5.74) is 4.10. The van der Waals surface area contributed by atoms with Crippen LogP contribution in [0.15, 0.2) is 48.5 Å². The molecular formula is C20H17Cl2NO. The van der Waals surface area contributed by atoms with Gasteiger partial charge in [-0.3, -0.25) is 4.79 Å². The molecule has 0 spiro atoms. The van der Waals surface area contributed by atoms with Gasteiger partial charge in [-0.05, 0) is 53.8 Å². The van der Waals surface area contributed by atoms with Crippen molar-refractivity contribution in [3.05, 3.63) is 64.7 Å². The Morgan fingerprint density at radius 2 is 1.83 bits per heavy atom. The second kappa shape index (κ2) is 6.92. The predicted octanol–water partition coefficient (Wildman–Crippen LogP) is 6.45. The summed E-state index contributed by atoms with van der Waals surface area (Å²) in [7, 11) is 0. The molecular weight excluding hydrogens is 341 g/mol. The van der Waals surface area contributed by atoms with Gasteiger partial charge in [0.15, 0.2) is 0 Å². The highest BCUT2D eigenvalue weighted by Gasteiger charge is 2.13. The summed E-state index contributed by atoms with van der Waals surface area (Å²) in [6.07, 6.45) is 1.10. The summed E-state index contributed by atoms with van der Waals surface area (Å²) >= 11 is 11.8. The average Bonchev–Trinajstić information content (AvgIpc) is 2.60. The first kappa shape index (κ1) is 16.9. The molecule has 1 atom stereocenters. The SMILES string of the molecule is CC[C@H](C)c1ccc(-c2cc(C(=O)Cl)c3cc(Cl)ccc3n2)cc1. The van der Waals surface area contributed by atoms with Crippen LogP contribution in [0.1, 0.15) is 42.1 Å². The van der Waals surface area contributed by atoms with Crippen LogP contribution in [0.3, 0.4) is 0 Å². The lowest BCUT2D eigenvalue weighted by atomic mass is 9.96. The normalized spacial score (nSPS) is 12.3. The molecule has 1 aromatic heterocycles. The largest absolute Gasteiger partial charge is 0.276 e. The molecule has 0 fully saturated rings. The molecule has 0 saturated carbocycles. The highest BCUT2D eigenvalue weighted by molar-refractivity contribution is 6.68. The number of pyridine rings is 1. The third-order valence-corrected chi connectivity index (χ3v) is 4.81. The maximum atomic E-state index is 11.8. The van der Waals surface area contributed by atoms with Gasteiger partial charge in [0.05, 0.1) is 11.2 Å². The lowest BCUT2D eigenvalue weighted by molar-refractivity contribution is 0.108. The lowest BCUT2D eigenvalue weighted by Gasteiger charge is -2.11. The number of carbonyl (C=O) groups is 1. The fraction of sp³-hybridized carbons (Fsp3) is 0.200. The van der Waals surface area contributed by atoms with Crippen molar-refractivity contribution in [3.8, 4) is 11.3 Å². The molecule has 0 aliphatic heterocycles. The summed E-state index contributed by atoms with van der Waals surface area (Å²) in [5, 5.41) is 0.707. The fourth-order valence-corrected chi connectivity index (χ4v) is 3.06. The minimum absolute atomic E-state index is 0.421. The Balaban J connectivity index is 2.13. The maximum absolute atomic E-state index is 11.8. The molecule has 24 heavy (non-hydrogen) atoms. The van der Waals surface area contributed by atoms with Gasteiger partial charge >= 0.3 is 0 Å². The highest BCUT2D eigenvalue weighted by atomic mass is 35.5. The van der Waals surface area contributed by atoms with Crippen molar-refractivity contribution < 1.29 is 4.79 Å². The summed E-state index contributed by atoms with van der Waals surface area (Å²) in [6.45, 7) is 4.38. The molecule has 0 N–H and O–H groups in total. The highest BCUT2D eigenvalue weighted by Crippen LogP contribution is 2.29. The van der Waals surface area contributed by atoms with Crippen molar-refractivity contribution in [2.45, 2.75) is 26.2 Å². The van der Waals surface area contributed by atoms with Crippen molar-refractivity contribution in [2.24, 2.45) is 0 Å². The number of nitrogens with zero attached hydrogens (tertiary/aromatic N) is 1. The van der Waals surface area contributed by atoms with E-state index in [-0.39, 0.29) is 0 Å². The van der Waals surface area contributed by atoms with Crippen LogP contribution in [-0.4, -0.2) is 10.2 Å². The quantitative estimate of drug-likeness (QED) is 0.502. The molecule has 0 amide bonds. The minimum atomic E-state index is -0.512. The Labute approximate surface area is 151 Å². The van der Waals surface area contributed by atoms with Gasteiger partial charge in [0.2, 0.25) is 0 Å². The zero-order chi connectivity index (χ0) is 17.3. The number of carbonyl (C=O) groups excluding carboxylic acids is 1. The molecule has 0 radical (unpaired) electrons. The van der Waals surface area contributed by atoms with Gasteiger partial charge in [-0.15, -0.1) is 0 Å². The first-order chi connectivity index (χ1) is 11.5. The molecule has 3 aromatic rings. The van der Waals surface area contributed by atoms with Crippen molar-refractivity contribution in [3.63, 3.8) is 0 Å². The summed E-state index contributed by atoms with van der Waals surface area (Å²) in [6, 6.07) is 15.3. The molecule has 2 nitrogen and oxygen atoms in total. The Bertz CT molecular complexity index is 903. The topological polar surface area (TPSA) is 30.0 Å². The molecule has 0 bridgehead atoms. The number of rotatable bonds is 4. The number of aromatic nitrogens is 1. The van der Waals surface area contributed by atoms with E-state index in [1.165, 1.54) is 5.56 Å². The zero-order valence-electron chi connectivity index (χ0n) is 13.5. The van der Waals surface area contributed by atoms with E-state index in [1.54, 1.807) is 24.3 Å². The molecule has 3 rings (SSSR count). The van der Waals surface area contributed by atoms with E-state index in [4.69, 9.17) is 23.2 Å². The first-order valence-corrected chi connectivity index (χ1v) is 8.65. The molecule has 2 aromatic carbocycles. The second-order valence-electron chi connectivity index (χ2n) is 5.92. The van der Waals surface area contributed by atoms with Crippen LogP contribution in [-0.2, 0) is 0 Å². The van der Waals surface area contributed by atoms with Crippen LogP contribution in [0.2, 0.25) is 5.02 Å². The van der Waals surface area contributed by atoms with Gasteiger partial charge in [-0.1, -0.05) is 49.7 Å². The van der Waals surface area contributed by atoms with E-state index in [9.17, 15) is 4.79 Å². The molecule has 0 aliphatic carbocycles.